The lowest BCUT2D eigenvalue weighted by molar-refractivity contribution is -0.384. The van der Waals surface area contributed by atoms with Crippen molar-refractivity contribution in [2.45, 2.75) is 57.6 Å². The Labute approximate surface area is 157 Å². The number of benzene rings is 1. The number of hydrogen-bond donors (Lipinski definition) is 1. The first-order chi connectivity index (χ1) is 12.8. The summed E-state index contributed by atoms with van der Waals surface area (Å²) in [4.78, 5) is 35.2. The molecular weight excluding hydrogens is 348 g/mol. The Morgan fingerprint density at radius 2 is 1.96 bits per heavy atom. The minimum Gasteiger partial charge on any atom is -0.460 e. The van der Waals surface area contributed by atoms with Crippen molar-refractivity contribution < 1.29 is 19.2 Å². The summed E-state index contributed by atoms with van der Waals surface area (Å²) in [5.41, 5.74) is -0.213. The van der Waals surface area contributed by atoms with E-state index in [-0.39, 0.29) is 29.7 Å². The number of non-ortho nitro benzene ring substituents is 1. The largest absolute Gasteiger partial charge is 0.460 e. The van der Waals surface area contributed by atoms with E-state index in [1.165, 1.54) is 19.1 Å². The van der Waals surface area contributed by atoms with Gasteiger partial charge in [-0.25, -0.2) is 0 Å². The average Bonchev–Trinajstić information content (AvgIpc) is 2.57. The highest BCUT2D eigenvalue weighted by Crippen LogP contribution is 2.62. The molecule has 0 aromatic heterocycles. The van der Waals surface area contributed by atoms with Gasteiger partial charge in [-0.2, -0.15) is 0 Å². The lowest BCUT2D eigenvalue weighted by Gasteiger charge is -2.60. The molecular formula is C20H24N2O5. The van der Waals surface area contributed by atoms with E-state index in [1.807, 2.05) is 0 Å². The Kier molecular flexibility index (Phi) is 4.20. The predicted octanol–water partition coefficient (Wildman–Crippen LogP) is 3.11. The first-order valence-corrected chi connectivity index (χ1v) is 9.49. The minimum absolute atomic E-state index is 0.0111. The molecule has 144 valence electrons. The van der Waals surface area contributed by atoms with Gasteiger partial charge in [-0.05, 0) is 55.9 Å². The highest BCUT2D eigenvalue weighted by molar-refractivity contribution is 5.79. The lowest BCUT2D eigenvalue weighted by atomic mass is 9.47. The number of nitrogens with one attached hydrogen (secondary N) is 1. The highest BCUT2D eigenvalue weighted by Gasteiger charge is 2.61. The number of amides is 1. The lowest BCUT2D eigenvalue weighted by Crippen LogP contribution is -2.64. The molecule has 0 aliphatic heterocycles. The van der Waals surface area contributed by atoms with Gasteiger partial charge in [0.1, 0.15) is 6.61 Å². The van der Waals surface area contributed by atoms with Crippen molar-refractivity contribution in [3.8, 4) is 0 Å². The molecule has 27 heavy (non-hydrogen) atoms. The van der Waals surface area contributed by atoms with Crippen LogP contribution >= 0.6 is 0 Å². The smallest absolute Gasteiger partial charge is 0.312 e. The molecule has 0 heterocycles. The molecule has 4 aliphatic carbocycles. The first kappa shape index (κ1) is 17.9. The van der Waals surface area contributed by atoms with Crippen LogP contribution in [0.3, 0.4) is 0 Å². The second-order valence-corrected chi connectivity index (χ2v) is 8.71. The molecule has 0 saturated heterocycles. The maximum absolute atomic E-state index is 13.0. The number of carbonyl (C=O) groups excluding carboxylic acids is 2. The fourth-order valence-electron chi connectivity index (χ4n) is 6.08. The Morgan fingerprint density at radius 1 is 1.26 bits per heavy atom. The summed E-state index contributed by atoms with van der Waals surface area (Å²) in [7, 11) is 0. The van der Waals surface area contributed by atoms with E-state index in [4.69, 9.17) is 4.74 Å². The summed E-state index contributed by atoms with van der Waals surface area (Å²) in [5.74, 6) is 0.627. The van der Waals surface area contributed by atoms with Crippen LogP contribution in [-0.4, -0.2) is 22.3 Å². The monoisotopic (exact) mass is 372 g/mol. The van der Waals surface area contributed by atoms with Gasteiger partial charge in [-0.15, -0.1) is 0 Å². The molecule has 4 saturated carbocycles. The molecule has 0 spiro atoms. The number of carbonyl (C=O) groups is 2. The molecule has 4 fully saturated rings. The van der Waals surface area contributed by atoms with Crippen LogP contribution < -0.4 is 5.32 Å². The fraction of sp³-hybridized carbons (Fsp3) is 0.600. The molecule has 1 amide bonds. The SMILES string of the molecule is CC(=O)NC12CC3CC(C1)CC(C(=O)OCc1cccc([N+](=O)[O-])c1)(C3)C2. The van der Waals surface area contributed by atoms with E-state index in [2.05, 4.69) is 5.32 Å². The molecule has 1 aromatic carbocycles. The number of nitro benzene ring substituents is 1. The second-order valence-electron chi connectivity index (χ2n) is 8.71. The van der Waals surface area contributed by atoms with Gasteiger partial charge in [-0.1, -0.05) is 12.1 Å². The maximum atomic E-state index is 13.0. The van der Waals surface area contributed by atoms with Crippen LogP contribution in [0, 0.1) is 27.4 Å². The van der Waals surface area contributed by atoms with Crippen LogP contribution in [0.1, 0.15) is 51.0 Å². The average molecular weight is 372 g/mol. The zero-order chi connectivity index (χ0) is 19.2. The van der Waals surface area contributed by atoms with Gasteiger partial charge in [0.05, 0.1) is 10.3 Å². The fourth-order valence-corrected chi connectivity index (χ4v) is 6.08. The summed E-state index contributed by atoms with van der Waals surface area (Å²) < 4.78 is 5.62. The van der Waals surface area contributed by atoms with Crippen LogP contribution in [0.5, 0.6) is 0 Å². The summed E-state index contributed by atoms with van der Waals surface area (Å²) >= 11 is 0. The van der Waals surface area contributed by atoms with Crippen molar-refractivity contribution in [2.24, 2.45) is 17.3 Å². The number of nitro groups is 1. The van der Waals surface area contributed by atoms with E-state index in [1.54, 1.807) is 12.1 Å². The summed E-state index contributed by atoms with van der Waals surface area (Å²) in [5, 5.41) is 14.0. The number of esters is 1. The third kappa shape index (κ3) is 3.31. The zero-order valence-corrected chi connectivity index (χ0v) is 15.4. The van der Waals surface area contributed by atoms with Crippen LogP contribution in [-0.2, 0) is 20.9 Å². The third-order valence-electron chi connectivity index (χ3n) is 6.43. The maximum Gasteiger partial charge on any atom is 0.312 e. The van der Waals surface area contributed by atoms with E-state index in [0.717, 1.165) is 32.1 Å². The van der Waals surface area contributed by atoms with E-state index >= 15 is 0 Å². The van der Waals surface area contributed by atoms with Gasteiger partial charge in [0.15, 0.2) is 0 Å². The van der Waals surface area contributed by atoms with Crippen LogP contribution in [0.15, 0.2) is 24.3 Å². The van der Waals surface area contributed by atoms with Crippen molar-refractivity contribution in [1.29, 1.82) is 0 Å². The second kappa shape index (κ2) is 6.32. The van der Waals surface area contributed by atoms with Crippen molar-refractivity contribution >= 4 is 17.6 Å². The van der Waals surface area contributed by atoms with E-state index in [9.17, 15) is 19.7 Å². The van der Waals surface area contributed by atoms with Crippen molar-refractivity contribution in [3.63, 3.8) is 0 Å². The molecule has 1 N–H and O–H groups in total. The van der Waals surface area contributed by atoms with Crippen molar-refractivity contribution in [1.82, 2.24) is 5.32 Å². The van der Waals surface area contributed by atoms with Crippen LogP contribution in [0.4, 0.5) is 5.69 Å². The topological polar surface area (TPSA) is 98.5 Å². The van der Waals surface area contributed by atoms with Crippen molar-refractivity contribution in [3.05, 3.63) is 39.9 Å². The number of nitrogens with zero attached hydrogens (tertiary/aromatic N) is 1. The Balaban J connectivity index is 1.49. The summed E-state index contributed by atoms with van der Waals surface area (Å²) in [6.07, 6.45) is 5.30. The Bertz CT molecular complexity index is 791. The number of rotatable bonds is 5. The molecule has 7 heteroatoms. The molecule has 5 rings (SSSR count). The van der Waals surface area contributed by atoms with Crippen LogP contribution in [0.25, 0.3) is 0 Å². The zero-order valence-electron chi connectivity index (χ0n) is 15.4. The Hall–Kier alpha value is -2.44. The standard InChI is InChI=1S/C20H24N2O5/c1-13(23)21-20-9-15-5-16(10-20)8-19(7-15,12-20)18(24)27-11-14-3-2-4-17(6-14)22(25)26/h2-4,6,15-16H,5,7-12H2,1H3,(H,21,23). The summed E-state index contributed by atoms with van der Waals surface area (Å²) in [6.45, 7) is 1.57. The third-order valence-corrected chi connectivity index (χ3v) is 6.43. The Morgan fingerprint density at radius 3 is 2.59 bits per heavy atom. The normalized spacial score (nSPS) is 33.5. The number of ether oxygens (including phenoxy) is 1. The van der Waals surface area contributed by atoms with Crippen LogP contribution in [0.2, 0.25) is 0 Å². The molecule has 1 aromatic rings. The van der Waals surface area contributed by atoms with Crippen molar-refractivity contribution in [2.75, 3.05) is 0 Å². The molecule has 2 unspecified atom stereocenters. The molecule has 4 bridgehead atoms. The summed E-state index contributed by atoms with van der Waals surface area (Å²) in [6, 6.07) is 6.17. The molecule has 2 atom stereocenters. The van der Waals surface area contributed by atoms with Gasteiger partial charge < -0.3 is 10.1 Å². The van der Waals surface area contributed by atoms with Gasteiger partial charge in [-0.3, -0.25) is 19.7 Å². The first-order valence-electron chi connectivity index (χ1n) is 9.49. The molecule has 4 aliphatic rings. The van der Waals surface area contributed by atoms with Gasteiger partial charge in [0, 0.05) is 24.6 Å². The highest BCUT2D eigenvalue weighted by atomic mass is 16.6. The van der Waals surface area contributed by atoms with E-state index in [0.29, 0.717) is 23.8 Å². The van der Waals surface area contributed by atoms with Gasteiger partial charge >= 0.3 is 5.97 Å². The molecule has 0 radical (unpaired) electrons. The quantitative estimate of drug-likeness (QED) is 0.486. The van der Waals surface area contributed by atoms with Gasteiger partial charge in [0.2, 0.25) is 5.91 Å². The van der Waals surface area contributed by atoms with E-state index < -0.39 is 10.3 Å². The predicted molar refractivity (Wildman–Crippen MR) is 96.6 cm³/mol. The number of hydrogen-bond acceptors (Lipinski definition) is 5. The van der Waals surface area contributed by atoms with Gasteiger partial charge in [0.25, 0.3) is 5.69 Å². The molecule has 7 nitrogen and oxygen atoms in total. The minimum atomic E-state index is -0.534.